The molecule has 4 heterocycles. The summed E-state index contributed by atoms with van der Waals surface area (Å²) in [5.74, 6) is -0.940. The summed E-state index contributed by atoms with van der Waals surface area (Å²) >= 11 is 0. The molecule has 1 amide bonds. The number of aliphatic hydroxyl groups excluding tert-OH is 1. The molecule has 1 aliphatic heterocycles. The first-order valence-corrected chi connectivity index (χ1v) is 14.3. The Morgan fingerprint density at radius 3 is 2.63 bits per heavy atom. The second kappa shape index (κ2) is 10.2. The summed E-state index contributed by atoms with van der Waals surface area (Å²) in [6.45, 7) is 7.18. The van der Waals surface area contributed by atoms with Gasteiger partial charge in [0, 0.05) is 48.4 Å². The van der Waals surface area contributed by atoms with Crippen LogP contribution in [0.25, 0.3) is 27.7 Å². The Morgan fingerprint density at radius 2 is 1.95 bits per heavy atom. The molecule has 1 saturated heterocycles. The van der Waals surface area contributed by atoms with Crippen LogP contribution in [-0.2, 0) is 23.9 Å². The highest BCUT2D eigenvalue weighted by molar-refractivity contribution is 5.95. The highest BCUT2D eigenvalue weighted by atomic mass is 19.1. The van der Waals surface area contributed by atoms with Crippen molar-refractivity contribution in [2.45, 2.75) is 45.6 Å². The molecule has 2 aliphatic rings. The minimum atomic E-state index is -0.709. The summed E-state index contributed by atoms with van der Waals surface area (Å²) in [4.78, 5) is 46.3. The van der Waals surface area contributed by atoms with E-state index in [9.17, 15) is 19.5 Å². The van der Waals surface area contributed by atoms with Gasteiger partial charge >= 0.3 is 0 Å². The number of carbonyl (C=O) groups excluding carboxylic acids is 1. The average Bonchev–Trinajstić information content (AvgIpc) is 3.53. The van der Waals surface area contributed by atoms with Gasteiger partial charge in [0.05, 0.1) is 18.2 Å². The lowest BCUT2D eigenvalue weighted by atomic mass is 9.86. The van der Waals surface area contributed by atoms with Gasteiger partial charge in [-0.05, 0) is 72.7 Å². The van der Waals surface area contributed by atoms with Crippen LogP contribution in [0.4, 0.5) is 10.1 Å². The van der Waals surface area contributed by atoms with E-state index in [0.717, 1.165) is 36.2 Å². The van der Waals surface area contributed by atoms with E-state index in [4.69, 9.17) is 0 Å². The van der Waals surface area contributed by atoms with Crippen molar-refractivity contribution in [2.24, 2.45) is 18.4 Å². The molecule has 10 nitrogen and oxygen atoms in total. The second-order valence-corrected chi connectivity index (χ2v) is 13.0. The third-order valence-corrected chi connectivity index (χ3v) is 8.93. The van der Waals surface area contributed by atoms with Crippen molar-refractivity contribution >= 4 is 22.4 Å². The monoisotopic (exact) mass is 586 g/mol. The van der Waals surface area contributed by atoms with Crippen LogP contribution < -0.4 is 16.4 Å². The molecule has 2 fully saturated rings. The number of hydrogen-bond acceptors (Lipinski definition) is 7. The number of likely N-dealkylation sites (tertiary alicyclic amines) is 1. The molecule has 0 bridgehead atoms. The van der Waals surface area contributed by atoms with Crippen molar-refractivity contribution in [3.8, 4) is 16.9 Å². The van der Waals surface area contributed by atoms with Gasteiger partial charge in [-0.2, -0.15) is 9.78 Å². The van der Waals surface area contributed by atoms with E-state index < -0.39 is 18.0 Å². The van der Waals surface area contributed by atoms with Crippen molar-refractivity contribution < 1.29 is 14.3 Å². The van der Waals surface area contributed by atoms with Crippen LogP contribution in [0.2, 0.25) is 0 Å². The fraction of sp³-hybridized carbons (Fsp3) is 0.406. The smallest absolute Gasteiger partial charge is 0.283 e. The fourth-order valence-corrected chi connectivity index (χ4v) is 6.35. The van der Waals surface area contributed by atoms with Crippen molar-refractivity contribution in [2.75, 3.05) is 25.5 Å². The minimum absolute atomic E-state index is 0.0142. The Balaban J connectivity index is 1.39. The largest absolute Gasteiger partial charge is 0.392 e. The number of fused-ring (bicyclic) bond motifs is 1. The van der Waals surface area contributed by atoms with E-state index in [-0.39, 0.29) is 50.7 Å². The van der Waals surface area contributed by atoms with Gasteiger partial charge in [0.25, 0.3) is 11.1 Å². The molecule has 2 N–H and O–H groups in total. The highest BCUT2D eigenvalue weighted by Crippen LogP contribution is 2.58. The third kappa shape index (κ3) is 4.96. The maximum atomic E-state index is 15.3. The molecular formula is C32H35FN6O4. The second-order valence-electron chi connectivity index (χ2n) is 13.0. The SMILES string of the molecule is CN1CC[C@@]2(CC2C(=O)Nc2cc(-c3ccnc(-n4ncc5cc(C(C)(C)C)cc(F)c5c4=O)c3CO)cn(C)c2=O)C1. The summed E-state index contributed by atoms with van der Waals surface area (Å²) in [5.41, 5.74) is 0.699. The van der Waals surface area contributed by atoms with Crippen molar-refractivity contribution in [3.05, 3.63) is 80.5 Å². The number of aryl methyl sites for hydroxylation is 1. The van der Waals surface area contributed by atoms with Gasteiger partial charge in [-0.25, -0.2) is 9.37 Å². The lowest BCUT2D eigenvalue weighted by Crippen LogP contribution is -2.27. The summed E-state index contributed by atoms with van der Waals surface area (Å²) in [6, 6.07) is 6.33. The van der Waals surface area contributed by atoms with Crippen LogP contribution in [0.3, 0.4) is 0 Å². The van der Waals surface area contributed by atoms with Crippen LogP contribution in [0, 0.1) is 17.2 Å². The zero-order chi connectivity index (χ0) is 30.8. The average molecular weight is 587 g/mol. The number of pyridine rings is 2. The molecule has 1 unspecified atom stereocenters. The fourth-order valence-electron chi connectivity index (χ4n) is 6.35. The molecule has 43 heavy (non-hydrogen) atoms. The maximum Gasteiger partial charge on any atom is 0.283 e. The van der Waals surface area contributed by atoms with Crippen LogP contribution in [-0.4, -0.2) is 55.4 Å². The van der Waals surface area contributed by atoms with Gasteiger partial charge in [0.15, 0.2) is 5.82 Å². The van der Waals surface area contributed by atoms with E-state index >= 15 is 4.39 Å². The van der Waals surface area contributed by atoms with Gasteiger partial charge in [0.2, 0.25) is 5.91 Å². The normalized spacial score (nSPS) is 20.2. The standard InChI is InChI=1S/C32H35FN6O4/c1-31(2,3)20-10-18-14-35-39(30(43)26(18)24(33)12-20)27-22(16-40)21(6-8-34-27)19-11-25(29(42)38(5)15-19)36-28(41)23-13-32(23)7-9-37(4)17-32/h6,8,10-12,14-15,23,40H,7,9,13,16-17H2,1-5H3,(H,36,41)/t23?,32-/m1/s1. The summed E-state index contributed by atoms with van der Waals surface area (Å²) < 4.78 is 17.6. The van der Waals surface area contributed by atoms with Crippen LogP contribution >= 0.6 is 0 Å². The molecule has 11 heteroatoms. The minimum Gasteiger partial charge on any atom is -0.392 e. The van der Waals surface area contributed by atoms with Crippen molar-refractivity contribution in [1.82, 2.24) is 24.2 Å². The topological polar surface area (TPSA) is 122 Å². The lowest BCUT2D eigenvalue weighted by Gasteiger charge is -2.20. The number of benzene rings is 1. The number of aliphatic hydroxyl groups is 1. The van der Waals surface area contributed by atoms with Crippen LogP contribution in [0.1, 0.15) is 44.7 Å². The molecule has 6 rings (SSSR count). The molecule has 1 saturated carbocycles. The van der Waals surface area contributed by atoms with Gasteiger partial charge in [-0.15, -0.1) is 0 Å². The molecular weight excluding hydrogens is 551 g/mol. The predicted molar refractivity (Wildman–Crippen MR) is 162 cm³/mol. The number of carbonyl (C=O) groups is 1. The lowest BCUT2D eigenvalue weighted by molar-refractivity contribution is -0.118. The number of nitrogens with one attached hydrogen (secondary N) is 1. The molecule has 2 atom stereocenters. The molecule has 0 radical (unpaired) electrons. The van der Waals surface area contributed by atoms with Gasteiger partial charge in [0.1, 0.15) is 11.5 Å². The Labute approximate surface area is 247 Å². The quantitative estimate of drug-likeness (QED) is 0.368. The highest BCUT2D eigenvalue weighted by Gasteiger charge is 2.60. The molecule has 4 aromatic rings. The zero-order valence-electron chi connectivity index (χ0n) is 24.9. The first-order valence-electron chi connectivity index (χ1n) is 14.3. The number of halogens is 1. The number of rotatable bonds is 5. The number of nitrogens with zero attached hydrogens (tertiary/aromatic N) is 5. The Morgan fingerprint density at radius 1 is 1.19 bits per heavy atom. The van der Waals surface area contributed by atoms with Crippen LogP contribution in [0.5, 0.6) is 0 Å². The first kappa shape index (κ1) is 28.9. The first-order chi connectivity index (χ1) is 20.3. The molecule has 3 aromatic heterocycles. The van der Waals surface area contributed by atoms with E-state index in [0.29, 0.717) is 16.5 Å². The Bertz CT molecular complexity index is 1910. The van der Waals surface area contributed by atoms with Gasteiger partial charge in [-0.1, -0.05) is 20.8 Å². The molecule has 224 valence electrons. The number of anilines is 1. The van der Waals surface area contributed by atoms with Gasteiger partial charge < -0.3 is 19.9 Å². The number of amides is 1. The Hall–Kier alpha value is -4.22. The molecule has 1 spiro atoms. The van der Waals surface area contributed by atoms with Gasteiger partial charge in [-0.3, -0.25) is 14.4 Å². The van der Waals surface area contributed by atoms with E-state index in [1.807, 2.05) is 27.8 Å². The zero-order valence-corrected chi connectivity index (χ0v) is 24.9. The maximum absolute atomic E-state index is 15.3. The summed E-state index contributed by atoms with van der Waals surface area (Å²) in [5, 5.41) is 17.8. The number of aromatic nitrogens is 4. The van der Waals surface area contributed by atoms with Crippen molar-refractivity contribution in [1.29, 1.82) is 0 Å². The predicted octanol–water partition coefficient (Wildman–Crippen LogP) is 3.36. The molecule has 1 aliphatic carbocycles. The third-order valence-electron chi connectivity index (χ3n) is 8.93. The number of hydrogen-bond donors (Lipinski definition) is 2. The van der Waals surface area contributed by atoms with E-state index in [2.05, 4.69) is 20.3 Å². The summed E-state index contributed by atoms with van der Waals surface area (Å²) in [6.07, 6.45) is 6.22. The van der Waals surface area contributed by atoms with E-state index in [1.54, 1.807) is 31.4 Å². The Kier molecular flexibility index (Phi) is 6.85. The summed E-state index contributed by atoms with van der Waals surface area (Å²) in [7, 11) is 3.63. The van der Waals surface area contributed by atoms with Crippen LogP contribution in [0.15, 0.2) is 52.4 Å². The van der Waals surface area contributed by atoms with Crippen molar-refractivity contribution in [3.63, 3.8) is 0 Å². The van der Waals surface area contributed by atoms with E-state index in [1.165, 1.54) is 23.0 Å². The molecule has 1 aromatic carbocycles.